The normalized spacial score (nSPS) is 30.4. The van der Waals surface area contributed by atoms with Crippen LogP contribution in [0.25, 0.3) is 0 Å². The molecule has 0 aliphatic heterocycles. The summed E-state index contributed by atoms with van der Waals surface area (Å²) in [7, 11) is 0. The zero-order valence-electron chi connectivity index (χ0n) is 12.6. The number of aliphatic hydroxyl groups is 1. The molecule has 0 amide bonds. The molecule has 2 saturated carbocycles. The minimum absolute atomic E-state index is 0.0484. The van der Waals surface area contributed by atoms with Crippen LogP contribution in [0.2, 0.25) is 0 Å². The molecule has 110 valence electrons. The molecule has 0 radical (unpaired) electrons. The van der Waals surface area contributed by atoms with Gasteiger partial charge in [-0.25, -0.2) is 0 Å². The van der Waals surface area contributed by atoms with Crippen molar-refractivity contribution in [3.63, 3.8) is 0 Å². The molecule has 2 aliphatic carbocycles. The van der Waals surface area contributed by atoms with Gasteiger partial charge in [-0.3, -0.25) is 0 Å². The van der Waals surface area contributed by atoms with E-state index in [1.165, 1.54) is 36.8 Å². The van der Waals surface area contributed by atoms with E-state index in [1.54, 1.807) is 0 Å². The second-order valence-corrected chi connectivity index (χ2v) is 7.01. The van der Waals surface area contributed by atoms with Gasteiger partial charge in [0, 0.05) is 12.1 Å². The third-order valence-corrected chi connectivity index (χ3v) is 5.06. The van der Waals surface area contributed by atoms with Crippen molar-refractivity contribution < 1.29 is 5.11 Å². The Balaban J connectivity index is 1.63. The third kappa shape index (κ3) is 3.24. The van der Waals surface area contributed by atoms with Crippen molar-refractivity contribution >= 4 is 0 Å². The zero-order valence-corrected chi connectivity index (χ0v) is 12.6. The van der Waals surface area contributed by atoms with Gasteiger partial charge in [0.25, 0.3) is 0 Å². The summed E-state index contributed by atoms with van der Waals surface area (Å²) in [5.74, 6) is 1.54. The topological polar surface area (TPSA) is 32.3 Å². The largest absolute Gasteiger partial charge is 0.394 e. The van der Waals surface area contributed by atoms with Gasteiger partial charge in [-0.05, 0) is 48.6 Å². The number of nitrogens with one attached hydrogen (secondary N) is 1. The molecule has 0 saturated heterocycles. The molecule has 2 heteroatoms. The summed E-state index contributed by atoms with van der Waals surface area (Å²) in [6.07, 6.45) is 7.46. The number of hydrogen-bond donors (Lipinski definition) is 2. The maximum absolute atomic E-state index is 9.83. The summed E-state index contributed by atoms with van der Waals surface area (Å²) in [6.45, 7) is 3.45. The van der Waals surface area contributed by atoms with E-state index in [4.69, 9.17) is 0 Å². The fourth-order valence-electron chi connectivity index (χ4n) is 3.68. The van der Waals surface area contributed by atoms with E-state index in [-0.39, 0.29) is 12.1 Å². The van der Waals surface area contributed by atoms with Crippen LogP contribution in [-0.2, 0) is 6.54 Å². The molecule has 1 aromatic carbocycles. The maximum Gasteiger partial charge on any atom is 0.0613 e. The predicted octanol–water partition coefficient (Wildman–Crippen LogP) is 3.59. The van der Waals surface area contributed by atoms with E-state index in [1.807, 2.05) is 0 Å². The van der Waals surface area contributed by atoms with Crippen LogP contribution in [0.4, 0.5) is 0 Å². The summed E-state index contributed by atoms with van der Waals surface area (Å²) in [4.78, 5) is 0. The van der Waals surface area contributed by atoms with Crippen LogP contribution in [0.3, 0.4) is 0 Å². The average Bonchev–Trinajstić information content (AvgIpc) is 3.30. The zero-order chi connectivity index (χ0) is 14.0. The molecule has 2 fully saturated rings. The number of benzene rings is 1. The van der Waals surface area contributed by atoms with Gasteiger partial charge in [0.05, 0.1) is 6.61 Å². The molecular weight excluding hydrogens is 246 g/mol. The molecule has 0 bridgehead atoms. The first-order valence-corrected chi connectivity index (χ1v) is 8.15. The lowest BCUT2D eigenvalue weighted by Gasteiger charge is -2.39. The Bertz CT molecular complexity index is 454. The van der Waals surface area contributed by atoms with Gasteiger partial charge in [0.1, 0.15) is 0 Å². The molecule has 2 unspecified atom stereocenters. The van der Waals surface area contributed by atoms with E-state index >= 15 is 0 Å². The monoisotopic (exact) mass is 273 g/mol. The van der Waals surface area contributed by atoms with E-state index < -0.39 is 0 Å². The highest BCUT2D eigenvalue weighted by molar-refractivity contribution is 5.29. The number of rotatable bonds is 5. The SMILES string of the molecule is CC1CCCC(CO)(NCc2cccc(C3CC3)c2)C1. The first-order valence-electron chi connectivity index (χ1n) is 8.15. The van der Waals surface area contributed by atoms with Gasteiger partial charge in [0.2, 0.25) is 0 Å². The van der Waals surface area contributed by atoms with Crippen LogP contribution >= 0.6 is 0 Å². The minimum Gasteiger partial charge on any atom is -0.394 e. The van der Waals surface area contributed by atoms with Crippen molar-refractivity contribution in [2.24, 2.45) is 5.92 Å². The maximum atomic E-state index is 9.83. The Kier molecular flexibility index (Phi) is 4.13. The lowest BCUT2D eigenvalue weighted by Crippen LogP contribution is -2.51. The Morgan fingerprint density at radius 2 is 2.15 bits per heavy atom. The first kappa shape index (κ1) is 14.1. The molecule has 1 aromatic rings. The summed E-state index contributed by atoms with van der Waals surface area (Å²) in [5.41, 5.74) is 2.81. The molecule has 3 rings (SSSR count). The van der Waals surface area contributed by atoms with E-state index in [0.717, 1.165) is 31.2 Å². The predicted molar refractivity (Wildman–Crippen MR) is 82.7 cm³/mol. The molecule has 0 spiro atoms. The second-order valence-electron chi connectivity index (χ2n) is 7.01. The van der Waals surface area contributed by atoms with Crippen LogP contribution in [0, 0.1) is 5.92 Å². The summed E-state index contributed by atoms with van der Waals surface area (Å²) in [5, 5.41) is 13.5. The van der Waals surface area contributed by atoms with Gasteiger partial charge < -0.3 is 10.4 Å². The highest BCUT2D eigenvalue weighted by atomic mass is 16.3. The highest BCUT2D eigenvalue weighted by Gasteiger charge is 2.33. The van der Waals surface area contributed by atoms with Crippen molar-refractivity contribution in [1.82, 2.24) is 5.32 Å². The van der Waals surface area contributed by atoms with Crippen LogP contribution < -0.4 is 5.32 Å². The fraction of sp³-hybridized carbons (Fsp3) is 0.667. The molecule has 0 heterocycles. The standard InChI is InChI=1S/C18H27NO/c1-14-4-3-9-18(11-14,13-20)19-12-15-5-2-6-17(10-15)16-7-8-16/h2,5-6,10,14,16,19-20H,3-4,7-9,11-13H2,1H3. The lowest BCUT2D eigenvalue weighted by molar-refractivity contribution is 0.0982. The van der Waals surface area contributed by atoms with Gasteiger partial charge in [0.15, 0.2) is 0 Å². The van der Waals surface area contributed by atoms with Crippen molar-refractivity contribution in [2.45, 2.75) is 63.5 Å². The van der Waals surface area contributed by atoms with Gasteiger partial charge in [-0.2, -0.15) is 0 Å². The van der Waals surface area contributed by atoms with Gasteiger partial charge in [-0.1, -0.05) is 44.0 Å². The van der Waals surface area contributed by atoms with E-state index in [9.17, 15) is 5.11 Å². The highest BCUT2D eigenvalue weighted by Crippen LogP contribution is 2.40. The molecular formula is C18H27NO. The van der Waals surface area contributed by atoms with Gasteiger partial charge >= 0.3 is 0 Å². The minimum atomic E-state index is -0.0484. The molecule has 2 aliphatic rings. The Labute approximate surface area is 122 Å². The molecule has 0 aromatic heterocycles. The van der Waals surface area contributed by atoms with Crippen LogP contribution in [0.5, 0.6) is 0 Å². The van der Waals surface area contributed by atoms with E-state index in [2.05, 4.69) is 36.5 Å². The molecule has 2 nitrogen and oxygen atoms in total. The van der Waals surface area contributed by atoms with Crippen molar-refractivity contribution in [3.8, 4) is 0 Å². The van der Waals surface area contributed by atoms with Crippen molar-refractivity contribution in [1.29, 1.82) is 0 Å². The third-order valence-electron chi connectivity index (χ3n) is 5.06. The van der Waals surface area contributed by atoms with Crippen LogP contribution in [-0.4, -0.2) is 17.3 Å². The summed E-state index contributed by atoms with van der Waals surface area (Å²) >= 11 is 0. The van der Waals surface area contributed by atoms with Crippen molar-refractivity contribution in [2.75, 3.05) is 6.61 Å². The lowest BCUT2D eigenvalue weighted by atomic mass is 9.76. The molecule has 2 N–H and O–H groups in total. The average molecular weight is 273 g/mol. The fourth-order valence-corrected chi connectivity index (χ4v) is 3.68. The quantitative estimate of drug-likeness (QED) is 0.859. The van der Waals surface area contributed by atoms with Crippen LogP contribution in [0.15, 0.2) is 24.3 Å². The van der Waals surface area contributed by atoms with Gasteiger partial charge in [-0.15, -0.1) is 0 Å². The van der Waals surface area contributed by atoms with E-state index in [0.29, 0.717) is 0 Å². The smallest absolute Gasteiger partial charge is 0.0613 e. The summed E-state index contributed by atoms with van der Waals surface area (Å²) in [6, 6.07) is 8.99. The first-order chi connectivity index (χ1) is 9.71. The Morgan fingerprint density at radius 3 is 2.85 bits per heavy atom. The number of hydrogen-bond acceptors (Lipinski definition) is 2. The van der Waals surface area contributed by atoms with Crippen molar-refractivity contribution in [3.05, 3.63) is 35.4 Å². The molecule has 2 atom stereocenters. The Hall–Kier alpha value is -0.860. The second kappa shape index (κ2) is 5.87. The number of aliphatic hydroxyl groups excluding tert-OH is 1. The molecule has 20 heavy (non-hydrogen) atoms. The summed E-state index contributed by atoms with van der Waals surface area (Å²) < 4.78 is 0. The van der Waals surface area contributed by atoms with Crippen LogP contribution in [0.1, 0.15) is 62.5 Å². The Morgan fingerprint density at radius 1 is 1.30 bits per heavy atom.